The number of benzene rings is 1. The average Bonchev–Trinajstić information content (AvgIpc) is 3.07. The Morgan fingerprint density at radius 1 is 1.06 bits per heavy atom. The number of hydrogen-bond acceptors (Lipinski definition) is 6. The lowest BCUT2D eigenvalue weighted by Gasteiger charge is -2.60. The van der Waals surface area contributed by atoms with Crippen LogP contribution in [0.3, 0.4) is 0 Å². The van der Waals surface area contributed by atoms with Gasteiger partial charge in [0, 0.05) is 50.7 Å². The molecule has 1 spiro atoms. The number of fused-ring (bicyclic) bond motifs is 3. The van der Waals surface area contributed by atoms with Crippen LogP contribution in [0.25, 0.3) is 5.69 Å². The molecule has 11 heteroatoms. The van der Waals surface area contributed by atoms with Gasteiger partial charge in [0.15, 0.2) is 5.82 Å². The number of pyridine rings is 1. The third kappa shape index (κ3) is 3.35. The van der Waals surface area contributed by atoms with E-state index in [-0.39, 0.29) is 17.3 Å². The standard InChI is InChI=1S/C23H24ClFN8O/c1-29(2)22(34)30-9-15-7-16(24)3-5-18(15)33-20(10-30)27-28-21(33)32-13-23(14-32)11-31(12-23)19-6-4-17(25)8-26-19/h3-8H,9-14H2,1-2H3. The van der Waals surface area contributed by atoms with E-state index < -0.39 is 0 Å². The van der Waals surface area contributed by atoms with Gasteiger partial charge < -0.3 is 19.6 Å². The summed E-state index contributed by atoms with van der Waals surface area (Å²) in [6.07, 6.45) is 1.26. The molecule has 5 heterocycles. The summed E-state index contributed by atoms with van der Waals surface area (Å²) < 4.78 is 15.2. The first kappa shape index (κ1) is 21.2. The van der Waals surface area contributed by atoms with Crippen molar-refractivity contribution in [2.24, 2.45) is 5.41 Å². The van der Waals surface area contributed by atoms with E-state index in [1.165, 1.54) is 12.3 Å². The van der Waals surface area contributed by atoms with E-state index in [4.69, 9.17) is 11.6 Å². The highest BCUT2D eigenvalue weighted by Crippen LogP contribution is 2.44. The molecular weight excluding hydrogens is 459 g/mol. The summed E-state index contributed by atoms with van der Waals surface area (Å²) in [7, 11) is 3.48. The summed E-state index contributed by atoms with van der Waals surface area (Å²) in [5.41, 5.74) is 2.07. The second kappa shape index (κ2) is 7.56. The first-order valence-electron chi connectivity index (χ1n) is 11.1. The summed E-state index contributed by atoms with van der Waals surface area (Å²) in [5.74, 6) is 1.98. The number of rotatable bonds is 2. The van der Waals surface area contributed by atoms with Crippen molar-refractivity contribution in [1.82, 2.24) is 29.5 Å². The molecule has 0 aliphatic carbocycles. The topological polar surface area (TPSA) is 73.6 Å². The number of aromatic nitrogens is 4. The molecule has 0 bridgehead atoms. The number of carbonyl (C=O) groups excluding carboxylic acids is 1. The molecule has 176 valence electrons. The Hall–Kier alpha value is -3.40. The number of halogens is 2. The molecule has 3 aliphatic heterocycles. The molecule has 3 aliphatic rings. The summed E-state index contributed by atoms with van der Waals surface area (Å²) in [6.45, 7) is 4.26. The highest BCUT2D eigenvalue weighted by Gasteiger charge is 2.53. The smallest absolute Gasteiger partial charge is 0.320 e. The number of carbonyl (C=O) groups is 1. The summed E-state index contributed by atoms with van der Waals surface area (Å²) >= 11 is 6.30. The number of anilines is 2. The maximum Gasteiger partial charge on any atom is 0.320 e. The van der Waals surface area contributed by atoms with Crippen LogP contribution in [-0.4, -0.2) is 75.9 Å². The molecule has 3 aromatic rings. The summed E-state index contributed by atoms with van der Waals surface area (Å²) in [5, 5.41) is 9.61. The van der Waals surface area contributed by atoms with Crippen LogP contribution in [0.5, 0.6) is 0 Å². The van der Waals surface area contributed by atoms with Gasteiger partial charge in [-0.05, 0) is 35.9 Å². The van der Waals surface area contributed by atoms with Crippen molar-refractivity contribution in [2.75, 3.05) is 50.1 Å². The zero-order chi connectivity index (χ0) is 23.6. The van der Waals surface area contributed by atoms with Crippen LogP contribution in [0.15, 0.2) is 36.5 Å². The fourth-order valence-electron chi connectivity index (χ4n) is 5.20. The van der Waals surface area contributed by atoms with E-state index in [1.807, 2.05) is 18.2 Å². The van der Waals surface area contributed by atoms with Gasteiger partial charge in [0.05, 0.1) is 25.0 Å². The molecule has 0 unspecified atom stereocenters. The second-order valence-corrected chi connectivity index (χ2v) is 10.0. The van der Waals surface area contributed by atoms with Crippen LogP contribution in [0.4, 0.5) is 21.0 Å². The molecule has 2 saturated heterocycles. The second-order valence-electron chi connectivity index (χ2n) is 9.60. The largest absolute Gasteiger partial charge is 0.355 e. The van der Waals surface area contributed by atoms with Crippen molar-refractivity contribution in [2.45, 2.75) is 13.1 Å². The Balaban J connectivity index is 1.25. The van der Waals surface area contributed by atoms with Crippen molar-refractivity contribution < 1.29 is 9.18 Å². The molecule has 9 nitrogen and oxygen atoms in total. The lowest BCUT2D eigenvalue weighted by molar-refractivity contribution is 0.153. The van der Waals surface area contributed by atoms with Gasteiger partial charge in [-0.3, -0.25) is 4.57 Å². The Labute approximate surface area is 201 Å². The van der Waals surface area contributed by atoms with Gasteiger partial charge in [-0.25, -0.2) is 14.2 Å². The van der Waals surface area contributed by atoms with Crippen LogP contribution in [0, 0.1) is 11.2 Å². The third-order valence-corrected chi connectivity index (χ3v) is 7.00. The quantitative estimate of drug-likeness (QED) is 0.559. The Morgan fingerprint density at radius 3 is 2.53 bits per heavy atom. The average molecular weight is 483 g/mol. The summed E-state index contributed by atoms with van der Waals surface area (Å²) in [6, 6.07) is 8.81. The lowest BCUT2D eigenvalue weighted by atomic mass is 9.73. The van der Waals surface area contributed by atoms with E-state index in [0.717, 1.165) is 55.0 Å². The Bertz CT molecular complexity index is 1260. The molecule has 2 aromatic heterocycles. The number of hydrogen-bond donors (Lipinski definition) is 0. The van der Waals surface area contributed by atoms with Gasteiger partial charge in [0.1, 0.15) is 11.6 Å². The molecule has 2 fully saturated rings. The Morgan fingerprint density at radius 2 is 1.82 bits per heavy atom. The van der Waals surface area contributed by atoms with Crippen LogP contribution >= 0.6 is 11.6 Å². The van der Waals surface area contributed by atoms with Gasteiger partial charge in [0.25, 0.3) is 0 Å². The molecular formula is C23H24ClFN8O. The molecule has 2 amide bonds. The molecule has 0 radical (unpaired) electrons. The van der Waals surface area contributed by atoms with E-state index in [2.05, 4.69) is 29.5 Å². The fraction of sp³-hybridized carbons (Fsp3) is 0.391. The van der Waals surface area contributed by atoms with Gasteiger partial charge in [0.2, 0.25) is 5.95 Å². The molecule has 0 atom stereocenters. The molecule has 1 aromatic carbocycles. The van der Waals surface area contributed by atoms with E-state index in [9.17, 15) is 9.18 Å². The van der Waals surface area contributed by atoms with Crippen molar-refractivity contribution in [3.8, 4) is 5.69 Å². The molecule has 34 heavy (non-hydrogen) atoms. The highest BCUT2D eigenvalue weighted by molar-refractivity contribution is 6.30. The van der Waals surface area contributed by atoms with Crippen molar-refractivity contribution >= 4 is 29.4 Å². The maximum absolute atomic E-state index is 13.2. The molecule has 0 N–H and O–H groups in total. The van der Waals surface area contributed by atoms with E-state index in [0.29, 0.717) is 18.1 Å². The molecule has 6 rings (SSSR count). The van der Waals surface area contributed by atoms with E-state index in [1.54, 1.807) is 30.0 Å². The predicted molar refractivity (Wildman–Crippen MR) is 126 cm³/mol. The van der Waals surface area contributed by atoms with Crippen molar-refractivity contribution in [3.63, 3.8) is 0 Å². The van der Waals surface area contributed by atoms with Gasteiger partial charge >= 0.3 is 6.03 Å². The van der Waals surface area contributed by atoms with Crippen LogP contribution in [0.2, 0.25) is 5.02 Å². The number of amides is 2. The third-order valence-electron chi connectivity index (χ3n) is 6.77. The maximum atomic E-state index is 13.2. The zero-order valence-electron chi connectivity index (χ0n) is 18.9. The van der Waals surface area contributed by atoms with Crippen molar-refractivity contribution in [1.29, 1.82) is 0 Å². The van der Waals surface area contributed by atoms with Gasteiger partial charge in [-0.1, -0.05) is 11.6 Å². The number of urea groups is 1. The fourth-order valence-corrected chi connectivity index (χ4v) is 5.39. The minimum absolute atomic E-state index is 0.0872. The van der Waals surface area contributed by atoms with Crippen molar-refractivity contribution in [3.05, 3.63) is 58.8 Å². The lowest BCUT2D eigenvalue weighted by Crippen LogP contribution is -2.73. The zero-order valence-corrected chi connectivity index (χ0v) is 19.7. The highest BCUT2D eigenvalue weighted by atomic mass is 35.5. The van der Waals surface area contributed by atoms with Crippen LogP contribution in [-0.2, 0) is 13.1 Å². The minimum atomic E-state index is -0.325. The first-order chi connectivity index (χ1) is 16.3. The number of nitrogens with zero attached hydrogens (tertiary/aromatic N) is 8. The monoisotopic (exact) mass is 482 g/mol. The predicted octanol–water partition coefficient (Wildman–Crippen LogP) is 2.78. The Kier molecular flexibility index (Phi) is 4.70. The van der Waals surface area contributed by atoms with Crippen LogP contribution in [0.1, 0.15) is 11.4 Å². The van der Waals surface area contributed by atoms with E-state index >= 15 is 0 Å². The molecule has 0 saturated carbocycles. The van der Waals surface area contributed by atoms with Gasteiger partial charge in [-0.15, -0.1) is 10.2 Å². The minimum Gasteiger partial charge on any atom is -0.355 e. The summed E-state index contributed by atoms with van der Waals surface area (Å²) in [4.78, 5) is 24.7. The normalized spacial score (nSPS) is 18.1. The SMILES string of the molecule is CN(C)C(=O)N1Cc2cc(Cl)ccc2-n2c(nnc2N2CC3(CN(c4ccc(F)cn4)C3)C2)C1. The van der Waals surface area contributed by atoms with Gasteiger partial charge in [-0.2, -0.15) is 0 Å². The first-order valence-corrected chi connectivity index (χ1v) is 11.5. The van der Waals surface area contributed by atoms with Crippen LogP contribution < -0.4 is 9.80 Å².